The highest BCUT2D eigenvalue weighted by molar-refractivity contribution is 6.30. The van der Waals surface area contributed by atoms with Gasteiger partial charge in [-0.25, -0.2) is 0 Å². The molecular formula is C11H5ClF3N. The van der Waals surface area contributed by atoms with Crippen LogP contribution in [0.4, 0.5) is 13.2 Å². The van der Waals surface area contributed by atoms with Crippen molar-refractivity contribution < 1.29 is 13.2 Å². The lowest BCUT2D eigenvalue weighted by Crippen LogP contribution is -2.04. The molecule has 0 saturated carbocycles. The monoisotopic (exact) mass is 243 g/mol. The number of rotatable bonds is 0. The van der Waals surface area contributed by atoms with Crippen LogP contribution in [-0.4, -0.2) is 0 Å². The minimum atomic E-state index is -4.45. The maximum atomic E-state index is 12.4. The Balaban J connectivity index is 3.11. The van der Waals surface area contributed by atoms with E-state index in [0.29, 0.717) is 0 Å². The molecular weight excluding hydrogens is 239 g/mol. The van der Waals surface area contributed by atoms with Gasteiger partial charge in [0.2, 0.25) is 0 Å². The van der Waals surface area contributed by atoms with Gasteiger partial charge in [0.25, 0.3) is 0 Å². The van der Waals surface area contributed by atoms with Crippen molar-refractivity contribution in [1.82, 2.24) is 0 Å². The fraction of sp³-hybridized carbons (Fsp3) is 0.182. The first kappa shape index (κ1) is 12.4. The number of hydrogen-bond acceptors (Lipinski definition) is 1. The van der Waals surface area contributed by atoms with Crippen LogP contribution in [0.2, 0.25) is 5.02 Å². The molecule has 1 nitrogen and oxygen atoms in total. The van der Waals surface area contributed by atoms with Crippen LogP contribution in [0.15, 0.2) is 18.2 Å². The van der Waals surface area contributed by atoms with Crippen LogP contribution in [0.1, 0.15) is 17.5 Å². The fourth-order valence-electron chi connectivity index (χ4n) is 1.01. The molecule has 0 unspecified atom stereocenters. The molecule has 16 heavy (non-hydrogen) atoms. The highest BCUT2D eigenvalue weighted by atomic mass is 35.5. The quantitative estimate of drug-likeness (QED) is 0.639. The van der Waals surface area contributed by atoms with Gasteiger partial charge in [-0.15, -0.1) is 0 Å². The summed E-state index contributed by atoms with van der Waals surface area (Å²) in [5.41, 5.74) is -0.698. The molecule has 1 rings (SSSR count). The number of nitrogens with zero attached hydrogens (tertiary/aromatic N) is 1. The molecule has 0 aromatic heterocycles. The van der Waals surface area contributed by atoms with E-state index in [2.05, 4.69) is 11.8 Å². The molecule has 0 amide bonds. The van der Waals surface area contributed by atoms with Gasteiger partial charge in [-0.05, 0) is 18.2 Å². The molecule has 5 heteroatoms. The molecule has 0 N–H and O–H groups in total. The topological polar surface area (TPSA) is 23.8 Å². The average molecular weight is 244 g/mol. The predicted molar refractivity (Wildman–Crippen MR) is 53.6 cm³/mol. The molecule has 0 saturated heterocycles. The van der Waals surface area contributed by atoms with E-state index in [1.807, 2.05) is 0 Å². The Morgan fingerprint density at radius 3 is 2.50 bits per heavy atom. The van der Waals surface area contributed by atoms with Crippen LogP contribution in [0.25, 0.3) is 0 Å². The molecule has 82 valence electrons. The summed E-state index contributed by atoms with van der Waals surface area (Å²) >= 11 is 5.54. The maximum Gasteiger partial charge on any atom is 0.416 e. The molecule has 0 bridgehead atoms. The van der Waals surface area contributed by atoms with E-state index in [9.17, 15) is 13.2 Å². The zero-order valence-corrected chi connectivity index (χ0v) is 8.65. The number of alkyl halides is 3. The first-order chi connectivity index (χ1) is 7.43. The first-order valence-electron chi connectivity index (χ1n) is 4.17. The molecule has 0 aliphatic heterocycles. The third-order valence-corrected chi connectivity index (χ3v) is 1.84. The van der Waals surface area contributed by atoms with Crippen LogP contribution in [-0.2, 0) is 6.18 Å². The van der Waals surface area contributed by atoms with E-state index in [-0.39, 0.29) is 17.0 Å². The van der Waals surface area contributed by atoms with E-state index in [1.165, 1.54) is 6.07 Å². The third-order valence-electron chi connectivity index (χ3n) is 1.63. The molecule has 0 spiro atoms. The van der Waals surface area contributed by atoms with Crippen LogP contribution >= 0.6 is 11.6 Å². The SMILES string of the molecule is N#CCC#Cc1cc(Cl)cc(C(F)(F)F)c1. The third kappa shape index (κ3) is 3.49. The molecule has 0 atom stereocenters. The normalized spacial score (nSPS) is 10.2. The van der Waals surface area contributed by atoms with E-state index in [4.69, 9.17) is 16.9 Å². The lowest BCUT2D eigenvalue weighted by molar-refractivity contribution is -0.137. The summed E-state index contributed by atoms with van der Waals surface area (Å²) < 4.78 is 37.1. The average Bonchev–Trinajstić information content (AvgIpc) is 2.16. The second-order valence-electron chi connectivity index (χ2n) is 2.86. The Morgan fingerprint density at radius 1 is 1.25 bits per heavy atom. The standard InChI is InChI=1S/C11H5ClF3N/c12-10-6-8(3-1-2-4-16)5-9(7-10)11(13,14)15/h5-7H,2H2. The van der Waals surface area contributed by atoms with Gasteiger partial charge in [-0.3, -0.25) is 0 Å². The predicted octanol–water partition coefficient (Wildman–Crippen LogP) is 3.62. The summed E-state index contributed by atoms with van der Waals surface area (Å²) in [6.07, 6.45) is -4.48. The second-order valence-corrected chi connectivity index (χ2v) is 3.30. The highest BCUT2D eigenvalue weighted by Gasteiger charge is 2.30. The Hall–Kier alpha value is -1.65. The molecule has 0 radical (unpaired) electrons. The number of nitriles is 1. The second kappa shape index (κ2) is 4.92. The van der Waals surface area contributed by atoms with Crippen molar-refractivity contribution in [1.29, 1.82) is 5.26 Å². The molecule has 0 aliphatic rings. The fourth-order valence-corrected chi connectivity index (χ4v) is 1.25. The summed E-state index contributed by atoms with van der Waals surface area (Å²) in [5.74, 6) is 4.86. The summed E-state index contributed by atoms with van der Waals surface area (Å²) in [4.78, 5) is 0. The van der Waals surface area contributed by atoms with E-state index < -0.39 is 11.7 Å². The zero-order chi connectivity index (χ0) is 12.2. The molecule has 0 fully saturated rings. The van der Waals surface area contributed by atoms with Crippen molar-refractivity contribution in [3.8, 4) is 17.9 Å². The number of benzene rings is 1. The molecule has 1 aromatic carbocycles. The van der Waals surface area contributed by atoms with Crippen molar-refractivity contribution in [3.05, 3.63) is 34.3 Å². The largest absolute Gasteiger partial charge is 0.416 e. The molecule has 1 aromatic rings. The Bertz CT molecular complexity index is 489. The van der Waals surface area contributed by atoms with Crippen LogP contribution in [0, 0.1) is 23.2 Å². The van der Waals surface area contributed by atoms with Gasteiger partial charge >= 0.3 is 6.18 Å². The van der Waals surface area contributed by atoms with Crippen LogP contribution in [0.3, 0.4) is 0 Å². The zero-order valence-electron chi connectivity index (χ0n) is 7.90. The summed E-state index contributed by atoms with van der Waals surface area (Å²) in [6.45, 7) is 0. The lowest BCUT2D eigenvalue weighted by atomic mass is 10.1. The van der Waals surface area contributed by atoms with Gasteiger partial charge in [0.1, 0.15) is 0 Å². The van der Waals surface area contributed by atoms with E-state index in [1.54, 1.807) is 6.07 Å². The maximum absolute atomic E-state index is 12.4. The summed E-state index contributed by atoms with van der Waals surface area (Å²) in [5, 5.41) is 8.19. The van der Waals surface area contributed by atoms with Gasteiger partial charge in [0.05, 0.1) is 18.1 Å². The Labute approximate surface area is 95.4 Å². The minimum Gasteiger partial charge on any atom is -0.197 e. The van der Waals surface area contributed by atoms with Crippen molar-refractivity contribution >= 4 is 11.6 Å². The van der Waals surface area contributed by atoms with Gasteiger partial charge in [0.15, 0.2) is 0 Å². The van der Waals surface area contributed by atoms with Gasteiger partial charge in [0, 0.05) is 10.6 Å². The van der Waals surface area contributed by atoms with Crippen molar-refractivity contribution in [3.63, 3.8) is 0 Å². The number of halogens is 4. The Kier molecular flexibility index (Phi) is 3.82. The number of hydrogen-bond donors (Lipinski definition) is 0. The summed E-state index contributed by atoms with van der Waals surface area (Å²) in [7, 11) is 0. The van der Waals surface area contributed by atoms with Crippen molar-refractivity contribution in [2.24, 2.45) is 0 Å². The smallest absolute Gasteiger partial charge is 0.197 e. The Morgan fingerprint density at radius 2 is 1.94 bits per heavy atom. The molecule has 0 aliphatic carbocycles. The first-order valence-corrected chi connectivity index (χ1v) is 4.55. The highest BCUT2D eigenvalue weighted by Crippen LogP contribution is 2.31. The van der Waals surface area contributed by atoms with Crippen LogP contribution < -0.4 is 0 Å². The van der Waals surface area contributed by atoms with Gasteiger partial charge in [-0.2, -0.15) is 18.4 Å². The van der Waals surface area contributed by atoms with Gasteiger partial charge < -0.3 is 0 Å². The molecule has 0 heterocycles. The van der Waals surface area contributed by atoms with Crippen LogP contribution in [0.5, 0.6) is 0 Å². The van der Waals surface area contributed by atoms with Crippen molar-refractivity contribution in [2.45, 2.75) is 12.6 Å². The summed E-state index contributed by atoms with van der Waals surface area (Å²) in [6, 6.07) is 4.82. The van der Waals surface area contributed by atoms with E-state index in [0.717, 1.165) is 12.1 Å². The van der Waals surface area contributed by atoms with E-state index >= 15 is 0 Å². The van der Waals surface area contributed by atoms with Gasteiger partial charge in [-0.1, -0.05) is 23.4 Å². The van der Waals surface area contributed by atoms with Crippen molar-refractivity contribution in [2.75, 3.05) is 0 Å². The minimum absolute atomic E-state index is 0.0314. The lowest BCUT2D eigenvalue weighted by Gasteiger charge is -2.07.